The molecule has 6 heteroatoms. The number of nitriles is 1. The van der Waals surface area contributed by atoms with Crippen LogP contribution in [0.2, 0.25) is 0 Å². The van der Waals surface area contributed by atoms with Crippen molar-refractivity contribution in [3.8, 4) is 6.07 Å². The molecule has 0 spiro atoms. The minimum absolute atomic E-state index is 0.137. The summed E-state index contributed by atoms with van der Waals surface area (Å²) in [6, 6.07) is 7.64. The standard InChI is InChI=1S/C11H13N3O2S/c12-7-1-2-8-14-17(15,16)11-5-3-10(9-13)4-6-11/h1-6,14H,7-8,12H2/b2-1+. The predicted molar refractivity (Wildman–Crippen MR) is 64.5 cm³/mol. The van der Waals surface area contributed by atoms with E-state index in [0.717, 1.165) is 0 Å². The van der Waals surface area contributed by atoms with Crippen molar-refractivity contribution in [2.45, 2.75) is 4.90 Å². The number of nitrogens with one attached hydrogen (secondary N) is 1. The molecule has 0 atom stereocenters. The molecule has 0 fully saturated rings. The van der Waals surface area contributed by atoms with E-state index in [1.807, 2.05) is 6.07 Å². The third kappa shape index (κ3) is 4.00. The van der Waals surface area contributed by atoms with Gasteiger partial charge in [-0.25, -0.2) is 13.1 Å². The third-order valence-electron chi connectivity index (χ3n) is 1.99. The molecule has 0 saturated heterocycles. The van der Waals surface area contributed by atoms with Gasteiger partial charge in [0.1, 0.15) is 0 Å². The van der Waals surface area contributed by atoms with Crippen molar-refractivity contribution in [2.75, 3.05) is 13.1 Å². The Kier molecular flexibility index (Phi) is 4.84. The van der Waals surface area contributed by atoms with Crippen LogP contribution in [0.5, 0.6) is 0 Å². The van der Waals surface area contributed by atoms with Gasteiger partial charge in [-0.15, -0.1) is 0 Å². The Labute approximate surface area is 101 Å². The topological polar surface area (TPSA) is 96.0 Å². The molecule has 0 bridgehead atoms. The van der Waals surface area contributed by atoms with Crippen LogP contribution < -0.4 is 10.5 Å². The van der Waals surface area contributed by atoms with Gasteiger partial charge in [0.2, 0.25) is 10.0 Å². The van der Waals surface area contributed by atoms with Crippen molar-refractivity contribution in [2.24, 2.45) is 5.73 Å². The Morgan fingerprint density at radius 2 is 1.94 bits per heavy atom. The second-order valence-electron chi connectivity index (χ2n) is 3.20. The molecule has 1 aromatic carbocycles. The number of hydrogen-bond acceptors (Lipinski definition) is 4. The summed E-state index contributed by atoms with van der Waals surface area (Å²) in [5.41, 5.74) is 5.65. The summed E-state index contributed by atoms with van der Waals surface area (Å²) in [4.78, 5) is 0.137. The Hall–Kier alpha value is -1.68. The Balaban J connectivity index is 2.76. The van der Waals surface area contributed by atoms with Crippen LogP contribution in [-0.2, 0) is 10.0 Å². The highest BCUT2D eigenvalue weighted by atomic mass is 32.2. The Morgan fingerprint density at radius 1 is 1.29 bits per heavy atom. The normalized spacial score (nSPS) is 11.5. The molecular formula is C11H13N3O2S. The van der Waals surface area contributed by atoms with Gasteiger partial charge in [0.05, 0.1) is 16.5 Å². The highest BCUT2D eigenvalue weighted by Crippen LogP contribution is 2.09. The molecule has 0 aliphatic rings. The molecule has 0 aliphatic heterocycles. The Bertz CT molecular complexity index is 527. The zero-order valence-electron chi connectivity index (χ0n) is 9.13. The summed E-state index contributed by atoms with van der Waals surface area (Å²) in [5, 5.41) is 8.60. The fourth-order valence-corrected chi connectivity index (χ4v) is 2.11. The molecule has 0 aromatic heterocycles. The van der Waals surface area contributed by atoms with Gasteiger partial charge >= 0.3 is 0 Å². The molecule has 0 radical (unpaired) electrons. The van der Waals surface area contributed by atoms with Crippen molar-refractivity contribution >= 4 is 10.0 Å². The van der Waals surface area contributed by atoms with Gasteiger partial charge < -0.3 is 5.73 Å². The van der Waals surface area contributed by atoms with Crippen LogP contribution in [0.4, 0.5) is 0 Å². The largest absolute Gasteiger partial charge is 0.327 e. The summed E-state index contributed by atoms with van der Waals surface area (Å²) in [7, 11) is -3.52. The van der Waals surface area contributed by atoms with Gasteiger partial charge in [-0.2, -0.15) is 5.26 Å². The zero-order chi connectivity index (χ0) is 12.7. The van der Waals surface area contributed by atoms with Crippen molar-refractivity contribution in [3.05, 3.63) is 42.0 Å². The van der Waals surface area contributed by atoms with Crippen molar-refractivity contribution in [1.82, 2.24) is 4.72 Å². The van der Waals surface area contributed by atoms with E-state index in [1.165, 1.54) is 24.3 Å². The molecule has 1 rings (SSSR count). The fraction of sp³-hybridized carbons (Fsp3) is 0.182. The first-order valence-electron chi connectivity index (χ1n) is 4.95. The highest BCUT2D eigenvalue weighted by Gasteiger charge is 2.11. The molecule has 5 nitrogen and oxygen atoms in total. The molecule has 0 unspecified atom stereocenters. The number of sulfonamides is 1. The lowest BCUT2D eigenvalue weighted by atomic mass is 10.2. The van der Waals surface area contributed by atoms with Crippen LogP contribution in [0.3, 0.4) is 0 Å². The molecule has 3 N–H and O–H groups in total. The van der Waals surface area contributed by atoms with Crippen molar-refractivity contribution in [1.29, 1.82) is 5.26 Å². The van der Waals surface area contributed by atoms with E-state index in [1.54, 1.807) is 12.2 Å². The molecule has 0 amide bonds. The van der Waals surface area contributed by atoms with Gasteiger partial charge in [-0.1, -0.05) is 12.2 Å². The predicted octanol–water partition coefficient (Wildman–Crippen LogP) is 0.351. The van der Waals surface area contributed by atoms with E-state index in [4.69, 9.17) is 11.0 Å². The van der Waals surface area contributed by atoms with Crippen LogP contribution in [-0.4, -0.2) is 21.5 Å². The molecule has 0 saturated carbocycles. The molecular weight excluding hydrogens is 238 g/mol. The van der Waals surface area contributed by atoms with E-state index in [0.29, 0.717) is 12.1 Å². The summed E-state index contributed by atoms with van der Waals surface area (Å²) in [5.74, 6) is 0. The van der Waals surface area contributed by atoms with E-state index in [2.05, 4.69) is 4.72 Å². The van der Waals surface area contributed by atoms with Gasteiger partial charge in [-0.3, -0.25) is 0 Å². The smallest absolute Gasteiger partial charge is 0.240 e. The van der Waals surface area contributed by atoms with Crippen LogP contribution in [0, 0.1) is 11.3 Å². The van der Waals surface area contributed by atoms with Crippen molar-refractivity contribution < 1.29 is 8.42 Å². The maximum atomic E-state index is 11.7. The number of rotatable bonds is 5. The van der Waals surface area contributed by atoms with E-state index in [9.17, 15) is 8.42 Å². The lowest BCUT2D eigenvalue weighted by Crippen LogP contribution is -2.23. The lowest BCUT2D eigenvalue weighted by Gasteiger charge is -2.04. The molecule has 17 heavy (non-hydrogen) atoms. The van der Waals surface area contributed by atoms with Gasteiger partial charge in [0.15, 0.2) is 0 Å². The average Bonchev–Trinajstić information content (AvgIpc) is 2.35. The maximum absolute atomic E-state index is 11.7. The quantitative estimate of drug-likeness (QED) is 0.738. The monoisotopic (exact) mass is 251 g/mol. The van der Waals surface area contributed by atoms with E-state index < -0.39 is 10.0 Å². The summed E-state index contributed by atoms with van der Waals surface area (Å²) in [6.45, 7) is 0.568. The first-order chi connectivity index (χ1) is 8.10. The minimum atomic E-state index is -3.52. The second-order valence-corrected chi connectivity index (χ2v) is 4.96. The first kappa shape index (κ1) is 13.4. The highest BCUT2D eigenvalue weighted by molar-refractivity contribution is 7.89. The van der Waals surface area contributed by atoms with E-state index in [-0.39, 0.29) is 11.4 Å². The third-order valence-corrected chi connectivity index (χ3v) is 3.43. The number of hydrogen-bond donors (Lipinski definition) is 2. The number of nitrogens with zero attached hydrogens (tertiary/aromatic N) is 1. The van der Waals surface area contributed by atoms with Crippen LogP contribution in [0.1, 0.15) is 5.56 Å². The summed E-state index contributed by atoms with van der Waals surface area (Å²) >= 11 is 0. The lowest BCUT2D eigenvalue weighted by molar-refractivity contribution is 0.585. The SMILES string of the molecule is N#Cc1ccc(S(=O)(=O)NC/C=C/CN)cc1. The molecule has 0 aliphatic carbocycles. The van der Waals surface area contributed by atoms with Gasteiger partial charge in [0.25, 0.3) is 0 Å². The molecule has 1 aromatic rings. The van der Waals surface area contributed by atoms with E-state index >= 15 is 0 Å². The van der Waals surface area contributed by atoms with Crippen molar-refractivity contribution in [3.63, 3.8) is 0 Å². The molecule has 90 valence electrons. The van der Waals surface area contributed by atoms with Crippen LogP contribution >= 0.6 is 0 Å². The molecule has 0 heterocycles. The van der Waals surface area contributed by atoms with Crippen LogP contribution in [0.25, 0.3) is 0 Å². The first-order valence-corrected chi connectivity index (χ1v) is 6.43. The van der Waals surface area contributed by atoms with Gasteiger partial charge in [-0.05, 0) is 24.3 Å². The summed E-state index contributed by atoms with van der Waals surface area (Å²) in [6.07, 6.45) is 3.31. The summed E-state index contributed by atoms with van der Waals surface area (Å²) < 4.78 is 25.9. The number of nitrogens with two attached hydrogens (primary N) is 1. The number of benzene rings is 1. The van der Waals surface area contributed by atoms with Gasteiger partial charge in [0, 0.05) is 13.1 Å². The maximum Gasteiger partial charge on any atom is 0.240 e. The fourth-order valence-electron chi connectivity index (χ4n) is 1.13. The Morgan fingerprint density at radius 3 is 2.47 bits per heavy atom. The minimum Gasteiger partial charge on any atom is -0.327 e. The second kappa shape index (κ2) is 6.15. The zero-order valence-corrected chi connectivity index (χ0v) is 9.94. The average molecular weight is 251 g/mol. The van der Waals surface area contributed by atoms with Crippen LogP contribution in [0.15, 0.2) is 41.3 Å².